The van der Waals surface area contributed by atoms with Crippen LogP contribution in [0.15, 0.2) is 34.0 Å². The zero-order valence-corrected chi connectivity index (χ0v) is 16.2. The van der Waals surface area contributed by atoms with Gasteiger partial charge in [0.1, 0.15) is 0 Å². The molecule has 0 radical (unpaired) electrons. The lowest BCUT2D eigenvalue weighted by Crippen LogP contribution is -2.47. The molecule has 7 heteroatoms. The Morgan fingerprint density at radius 2 is 1.72 bits per heavy atom. The number of aromatic amines is 1. The van der Waals surface area contributed by atoms with Crippen LogP contribution in [-0.2, 0) is 6.42 Å². The van der Waals surface area contributed by atoms with E-state index >= 15 is 0 Å². The second kappa shape index (κ2) is 8.15. The third kappa shape index (κ3) is 3.96. The van der Waals surface area contributed by atoms with Crippen LogP contribution in [0.5, 0.6) is 0 Å². The number of hydrogen-bond acceptors (Lipinski definition) is 5. The number of piperazine rings is 1. The van der Waals surface area contributed by atoms with Gasteiger partial charge in [0, 0.05) is 49.1 Å². The van der Waals surface area contributed by atoms with E-state index in [4.69, 9.17) is 11.6 Å². The predicted molar refractivity (Wildman–Crippen MR) is 107 cm³/mol. The third-order valence-corrected chi connectivity index (χ3v) is 5.66. The van der Waals surface area contributed by atoms with E-state index in [2.05, 4.69) is 19.8 Å². The largest absolute Gasteiger partial charge is 0.368 e. The summed E-state index contributed by atoms with van der Waals surface area (Å²) in [6.07, 6.45) is 0.891. The van der Waals surface area contributed by atoms with Crippen LogP contribution in [0.2, 0.25) is 5.02 Å². The van der Waals surface area contributed by atoms with Gasteiger partial charge in [-0.25, -0.2) is 4.98 Å². The number of halogens is 1. The molecule has 25 heavy (non-hydrogen) atoms. The molecule has 2 aromatic rings. The number of H-pyrrole nitrogens is 1. The molecule has 134 valence electrons. The maximum Gasteiger partial charge on any atom is 0.266 e. The first-order valence-corrected chi connectivity index (χ1v) is 10.1. The highest BCUT2D eigenvalue weighted by Crippen LogP contribution is 2.27. The molecule has 0 aliphatic carbocycles. The zero-order valence-electron chi connectivity index (χ0n) is 14.6. The molecule has 5 nitrogen and oxygen atoms in total. The Hall–Kier alpha value is -1.66. The second-order valence-corrected chi connectivity index (χ2v) is 7.26. The molecule has 0 amide bonds. The molecule has 4 rings (SSSR count). The minimum absolute atomic E-state index is 0.00707. The lowest BCUT2D eigenvalue weighted by molar-refractivity contribution is 0.636. The summed E-state index contributed by atoms with van der Waals surface area (Å²) in [5.41, 5.74) is 2.14. The van der Waals surface area contributed by atoms with E-state index in [1.807, 2.05) is 38.1 Å². The van der Waals surface area contributed by atoms with Crippen LogP contribution < -0.4 is 15.4 Å². The van der Waals surface area contributed by atoms with Crippen LogP contribution in [0.3, 0.4) is 0 Å². The normalized spacial score (nSPS) is 16.3. The van der Waals surface area contributed by atoms with Crippen molar-refractivity contribution in [1.82, 2.24) is 9.97 Å². The summed E-state index contributed by atoms with van der Waals surface area (Å²) in [6, 6.07) is 7.93. The van der Waals surface area contributed by atoms with E-state index in [1.54, 1.807) is 11.8 Å². The summed E-state index contributed by atoms with van der Waals surface area (Å²) in [6.45, 7) is 7.49. The zero-order chi connectivity index (χ0) is 17.8. The van der Waals surface area contributed by atoms with Gasteiger partial charge >= 0.3 is 0 Å². The van der Waals surface area contributed by atoms with E-state index in [0.717, 1.165) is 54.0 Å². The quantitative estimate of drug-likeness (QED) is 0.867. The van der Waals surface area contributed by atoms with Crippen LogP contribution >= 0.6 is 23.4 Å². The number of anilines is 2. The van der Waals surface area contributed by atoms with Crippen LogP contribution in [0, 0.1) is 0 Å². The van der Waals surface area contributed by atoms with Crippen molar-refractivity contribution in [3.05, 3.63) is 45.3 Å². The number of benzene rings is 1. The number of fused-ring (bicyclic) bond motifs is 1. The summed E-state index contributed by atoms with van der Waals surface area (Å²) in [4.78, 5) is 25.0. The molecule has 1 aromatic carbocycles. The monoisotopic (exact) mass is 378 g/mol. The molecule has 3 heterocycles. The highest BCUT2D eigenvalue weighted by Gasteiger charge is 2.23. The highest BCUT2D eigenvalue weighted by molar-refractivity contribution is 7.99. The van der Waals surface area contributed by atoms with Gasteiger partial charge in [0.15, 0.2) is 0 Å². The summed E-state index contributed by atoms with van der Waals surface area (Å²) >= 11 is 7.55. The Morgan fingerprint density at radius 1 is 1.08 bits per heavy atom. The third-order valence-electron chi connectivity index (χ3n) is 4.29. The van der Waals surface area contributed by atoms with Crippen molar-refractivity contribution in [2.24, 2.45) is 0 Å². The van der Waals surface area contributed by atoms with Gasteiger partial charge in [-0.05, 0) is 24.3 Å². The molecule has 1 saturated heterocycles. The Morgan fingerprint density at radius 3 is 2.40 bits per heavy atom. The molecule has 0 spiro atoms. The van der Waals surface area contributed by atoms with Gasteiger partial charge in [0.2, 0.25) is 5.95 Å². The molecule has 2 aliphatic heterocycles. The molecule has 0 saturated carbocycles. The molecule has 0 atom stereocenters. The molecule has 1 fully saturated rings. The number of aryl methyl sites for hydroxylation is 1. The van der Waals surface area contributed by atoms with Crippen molar-refractivity contribution >= 4 is 35.0 Å². The summed E-state index contributed by atoms with van der Waals surface area (Å²) in [7, 11) is 0. The van der Waals surface area contributed by atoms with E-state index in [9.17, 15) is 4.79 Å². The standard InChI is InChI=1S/C16H17ClN4OS.C2H6/c17-11-1-3-12(4-2-11)20-6-8-21(9-7-20)16-18-13-5-10-23-14(13)15(22)19-16;1-2/h1-4H,5-10H2,(H,18,19,22);1-2H3. The Kier molecular flexibility index (Phi) is 5.91. The minimum Gasteiger partial charge on any atom is -0.368 e. The van der Waals surface area contributed by atoms with E-state index in [1.165, 1.54) is 5.69 Å². The lowest BCUT2D eigenvalue weighted by Gasteiger charge is -2.36. The fourth-order valence-corrected chi connectivity index (χ4v) is 4.16. The number of nitrogens with zero attached hydrogens (tertiary/aromatic N) is 3. The van der Waals surface area contributed by atoms with E-state index in [0.29, 0.717) is 5.95 Å². The van der Waals surface area contributed by atoms with Crippen molar-refractivity contribution in [1.29, 1.82) is 0 Å². The summed E-state index contributed by atoms with van der Waals surface area (Å²) in [5, 5.41) is 0.755. The Balaban J connectivity index is 0.000000880. The summed E-state index contributed by atoms with van der Waals surface area (Å²) < 4.78 is 0. The molecule has 0 bridgehead atoms. The van der Waals surface area contributed by atoms with Crippen LogP contribution in [-0.4, -0.2) is 41.9 Å². The van der Waals surface area contributed by atoms with Crippen LogP contribution in [0.4, 0.5) is 11.6 Å². The average Bonchev–Trinajstić information content (AvgIpc) is 3.13. The van der Waals surface area contributed by atoms with Gasteiger partial charge in [0.25, 0.3) is 5.56 Å². The lowest BCUT2D eigenvalue weighted by atomic mass is 10.2. The highest BCUT2D eigenvalue weighted by atomic mass is 35.5. The second-order valence-electron chi connectivity index (χ2n) is 5.71. The predicted octanol–water partition coefficient (Wildman–Crippen LogP) is 3.42. The maximum atomic E-state index is 12.1. The van der Waals surface area contributed by atoms with Crippen molar-refractivity contribution in [2.75, 3.05) is 41.7 Å². The SMILES string of the molecule is CC.O=c1[nH]c(N2CCN(c3ccc(Cl)cc3)CC2)nc2c1SCC2. The fourth-order valence-electron chi connectivity index (χ4n) is 3.04. The first kappa shape index (κ1) is 18.1. The minimum atomic E-state index is 0.00707. The smallest absolute Gasteiger partial charge is 0.266 e. The maximum absolute atomic E-state index is 12.1. The molecule has 1 N–H and O–H groups in total. The van der Waals surface area contributed by atoms with E-state index in [-0.39, 0.29) is 5.56 Å². The molecule has 2 aliphatic rings. The number of rotatable bonds is 2. The Labute approximate surface area is 157 Å². The van der Waals surface area contributed by atoms with Gasteiger partial charge < -0.3 is 9.80 Å². The average molecular weight is 379 g/mol. The van der Waals surface area contributed by atoms with Gasteiger partial charge in [-0.15, -0.1) is 11.8 Å². The number of hydrogen-bond donors (Lipinski definition) is 1. The van der Waals surface area contributed by atoms with Crippen LogP contribution in [0.25, 0.3) is 0 Å². The summed E-state index contributed by atoms with van der Waals surface area (Å²) in [5.74, 6) is 1.67. The number of nitrogens with one attached hydrogen (secondary N) is 1. The van der Waals surface area contributed by atoms with Crippen LogP contribution in [0.1, 0.15) is 19.5 Å². The van der Waals surface area contributed by atoms with Crippen molar-refractivity contribution in [3.63, 3.8) is 0 Å². The van der Waals surface area contributed by atoms with Gasteiger partial charge in [-0.2, -0.15) is 0 Å². The molecular weight excluding hydrogens is 356 g/mol. The topological polar surface area (TPSA) is 52.2 Å². The van der Waals surface area contributed by atoms with Gasteiger partial charge in [-0.3, -0.25) is 9.78 Å². The van der Waals surface area contributed by atoms with Crippen molar-refractivity contribution < 1.29 is 0 Å². The fraction of sp³-hybridized carbons (Fsp3) is 0.444. The first-order valence-electron chi connectivity index (χ1n) is 8.72. The number of aromatic nitrogens is 2. The van der Waals surface area contributed by atoms with Gasteiger partial charge in [-0.1, -0.05) is 25.4 Å². The number of thioether (sulfide) groups is 1. The molecule has 1 aromatic heterocycles. The van der Waals surface area contributed by atoms with Crippen molar-refractivity contribution in [3.8, 4) is 0 Å². The first-order chi connectivity index (χ1) is 12.2. The van der Waals surface area contributed by atoms with Gasteiger partial charge in [0.05, 0.1) is 10.6 Å². The Bertz CT molecular complexity index is 770. The van der Waals surface area contributed by atoms with E-state index < -0.39 is 0 Å². The van der Waals surface area contributed by atoms with Crippen molar-refractivity contribution in [2.45, 2.75) is 25.2 Å². The molecule has 0 unspecified atom stereocenters. The molecular formula is C18H23ClN4OS.